The molecule has 120 valence electrons. The molecule has 22 heavy (non-hydrogen) atoms. The third kappa shape index (κ3) is 3.85. The lowest BCUT2D eigenvalue weighted by Gasteiger charge is -2.42. The third-order valence-corrected chi connectivity index (χ3v) is 3.76. The Morgan fingerprint density at radius 1 is 1.36 bits per heavy atom. The maximum atomic E-state index is 12.7. The molecular formula is C17H24N2O3. The van der Waals surface area contributed by atoms with Crippen LogP contribution >= 0.6 is 0 Å². The summed E-state index contributed by atoms with van der Waals surface area (Å²) < 4.78 is 5.45. The molecule has 2 amide bonds. The SMILES string of the molecule is CCCC(=O)Nc1cccc(C(=O)N2CCOCC2(C)C)c1. The van der Waals surface area contributed by atoms with Crippen molar-refractivity contribution in [1.29, 1.82) is 0 Å². The van der Waals surface area contributed by atoms with Crippen molar-refractivity contribution < 1.29 is 14.3 Å². The molecule has 1 aliphatic heterocycles. The van der Waals surface area contributed by atoms with Crippen LogP contribution in [0.5, 0.6) is 0 Å². The van der Waals surface area contributed by atoms with Gasteiger partial charge in [-0.2, -0.15) is 0 Å². The topological polar surface area (TPSA) is 58.6 Å². The van der Waals surface area contributed by atoms with Gasteiger partial charge in [-0.3, -0.25) is 9.59 Å². The largest absolute Gasteiger partial charge is 0.377 e. The lowest BCUT2D eigenvalue weighted by atomic mass is 10.0. The molecule has 0 radical (unpaired) electrons. The van der Waals surface area contributed by atoms with Gasteiger partial charge in [0, 0.05) is 24.2 Å². The number of anilines is 1. The summed E-state index contributed by atoms with van der Waals surface area (Å²) >= 11 is 0. The molecular weight excluding hydrogens is 280 g/mol. The molecule has 0 unspecified atom stereocenters. The van der Waals surface area contributed by atoms with E-state index in [9.17, 15) is 9.59 Å². The standard InChI is InChI=1S/C17H24N2O3/c1-4-6-15(20)18-14-8-5-7-13(11-14)16(21)19-9-10-22-12-17(19,2)3/h5,7-8,11H,4,6,9-10,12H2,1-3H3,(H,18,20). The number of nitrogens with one attached hydrogen (secondary N) is 1. The molecule has 5 heteroatoms. The van der Waals surface area contributed by atoms with Crippen molar-refractivity contribution in [2.24, 2.45) is 0 Å². The molecule has 1 aromatic carbocycles. The number of rotatable bonds is 4. The summed E-state index contributed by atoms with van der Waals surface area (Å²) in [6.07, 6.45) is 1.28. The normalized spacial score (nSPS) is 17.1. The molecule has 1 fully saturated rings. The first kappa shape index (κ1) is 16.5. The Labute approximate surface area is 131 Å². The zero-order valence-corrected chi connectivity index (χ0v) is 13.5. The maximum absolute atomic E-state index is 12.7. The second-order valence-corrected chi connectivity index (χ2v) is 6.20. The van der Waals surface area contributed by atoms with Crippen molar-refractivity contribution in [3.05, 3.63) is 29.8 Å². The van der Waals surface area contributed by atoms with E-state index in [2.05, 4.69) is 5.32 Å². The van der Waals surface area contributed by atoms with E-state index in [4.69, 9.17) is 4.74 Å². The van der Waals surface area contributed by atoms with E-state index in [0.717, 1.165) is 6.42 Å². The van der Waals surface area contributed by atoms with Crippen LogP contribution in [-0.4, -0.2) is 42.0 Å². The summed E-state index contributed by atoms with van der Waals surface area (Å²) in [6, 6.07) is 7.11. The van der Waals surface area contributed by atoms with Gasteiger partial charge in [-0.1, -0.05) is 13.0 Å². The Bertz CT molecular complexity index is 555. The third-order valence-electron chi connectivity index (χ3n) is 3.76. The lowest BCUT2D eigenvalue weighted by molar-refractivity contribution is -0.116. The van der Waals surface area contributed by atoms with E-state index in [0.29, 0.717) is 37.4 Å². The first-order valence-corrected chi connectivity index (χ1v) is 7.73. The molecule has 1 heterocycles. The average molecular weight is 304 g/mol. The van der Waals surface area contributed by atoms with Crippen LogP contribution < -0.4 is 5.32 Å². The smallest absolute Gasteiger partial charge is 0.254 e. The fourth-order valence-corrected chi connectivity index (χ4v) is 2.57. The predicted octanol–water partition coefficient (Wildman–Crippen LogP) is 2.68. The highest BCUT2D eigenvalue weighted by molar-refractivity contribution is 5.97. The zero-order valence-electron chi connectivity index (χ0n) is 13.5. The Morgan fingerprint density at radius 2 is 2.14 bits per heavy atom. The number of morpholine rings is 1. The second-order valence-electron chi connectivity index (χ2n) is 6.20. The van der Waals surface area contributed by atoms with Gasteiger partial charge in [-0.05, 0) is 38.5 Å². The van der Waals surface area contributed by atoms with Crippen LogP contribution in [0.3, 0.4) is 0 Å². The van der Waals surface area contributed by atoms with E-state index < -0.39 is 0 Å². The lowest BCUT2D eigenvalue weighted by Crippen LogP contribution is -2.55. The number of carbonyl (C=O) groups excluding carboxylic acids is 2. The zero-order chi connectivity index (χ0) is 16.2. The highest BCUT2D eigenvalue weighted by Gasteiger charge is 2.34. The minimum Gasteiger partial charge on any atom is -0.377 e. The van der Waals surface area contributed by atoms with Gasteiger partial charge in [0.15, 0.2) is 0 Å². The molecule has 0 saturated carbocycles. The molecule has 0 aromatic heterocycles. The Morgan fingerprint density at radius 3 is 2.82 bits per heavy atom. The fraction of sp³-hybridized carbons (Fsp3) is 0.529. The molecule has 1 N–H and O–H groups in total. The average Bonchev–Trinajstić information content (AvgIpc) is 2.46. The number of carbonyl (C=O) groups is 2. The number of ether oxygens (including phenoxy) is 1. The summed E-state index contributed by atoms with van der Waals surface area (Å²) in [5, 5.41) is 2.83. The van der Waals surface area contributed by atoms with Gasteiger partial charge >= 0.3 is 0 Å². The second kappa shape index (κ2) is 6.92. The molecule has 1 aromatic rings. The minimum atomic E-state index is -0.323. The van der Waals surface area contributed by atoms with Crippen LogP contribution in [0.1, 0.15) is 44.0 Å². The van der Waals surface area contributed by atoms with Crippen LogP contribution in [0.25, 0.3) is 0 Å². The number of amides is 2. The molecule has 1 saturated heterocycles. The van der Waals surface area contributed by atoms with E-state index in [1.165, 1.54) is 0 Å². The number of hydrogen-bond acceptors (Lipinski definition) is 3. The molecule has 0 atom stereocenters. The number of benzene rings is 1. The van der Waals surface area contributed by atoms with Crippen LogP contribution in [0.15, 0.2) is 24.3 Å². The molecule has 0 bridgehead atoms. The van der Waals surface area contributed by atoms with Gasteiger partial charge in [0.1, 0.15) is 0 Å². The van der Waals surface area contributed by atoms with E-state index in [1.807, 2.05) is 25.7 Å². The molecule has 1 aliphatic rings. The minimum absolute atomic E-state index is 0.0279. The van der Waals surface area contributed by atoms with Crippen molar-refractivity contribution in [2.75, 3.05) is 25.1 Å². The highest BCUT2D eigenvalue weighted by Crippen LogP contribution is 2.22. The van der Waals surface area contributed by atoms with Crippen molar-refractivity contribution >= 4 is 17.5 Å². The first-order valence-electron chi connectivity index (χ1n) is 7.73. The van der Waals surface area contributed by atoms with Crippen molar-refractivity contribution in [3.8, 4) is 0 Å². The van der Waals surface area contributed by atoms with Gasteiger partial charge in [0.25, 0.3) is 5.91 Å². The van der Waals surface area contributed by atoms with Gasteiger partial charge < -0.3 is 15.0 Å². The van der Waals surface area contributed by atoms with Crippen LogP contribution in [0, 0.1) is 0 Å². The van der Waals surface area contributed by atoms with Crippen LogP contribution in [-0.2, 0) is 9.53 Å². The summed E-state index contributed by atoms with van der Waals surface area (Å²) in [5.41, 5.74) is 0.927. The molecule has 5 nitrogen and oxygen atoms in total. The summed E-state index contributed by atoms with van der Waals surface area (Å²) in [6.45, 7) is 7.62. The quantitative estimate of drug-likeness (QED) is 0.930. The molecule has 0 aliphatic carbocycles. The van der Waals surface area contributed by atoms with Crippen LogP contribution in [0.2, 0.25) is 0 Å². The van der Waals surface area contributed by atoms with Gasteiger partial charge in [0.05, 0.1) is 18.8 Å². The maximum Gasteiger partial charge on any atom is 0.254 e. The Hall–Kier alpha value is -1.88. The van der Waals surface area contributed by atoms with Gasteiger partial charge in [-0.15, -0.1) is 0 Å². The molecule has 2 rings (SSSR count). The number of hydrogen-bond donors (Lipinski definition) is 1. The van der Waals surface area contributed by atoms with Crippen molar-refractivity contribution in [2.45, 2.75) is 39.2 Å². The predicted molar refractivity (Wildman–Crippen MR) is 85.9 cm³/mol. The van der Waals surface area contributed by atoms with Crippen molar-refractivity contribution in [3.63, 3.8) is 0 Å². The Kier molecular flexibility index (Phi) is 5.19. The summed E-state index contributed by atoms with van der Waals surface area (Å²) in [7, 11) is 0. The molecule has 0 spiro atoms. The first-order chi connectivity index (χ1) is 10.4. The van der Waals surface area contributed by atoms with E-state index in [-0.39, 0.29) is 17.4 Å². The fourth-order valence-electron chi connectivity index (χ4n) is 2.57. The van der Waals surface area contributed by atoms with Gasteiger partial charge in [0.2, 0.25) is 5.91 Å². The van der Waals surface area contributed by atoms with E-state index >= 15 is 0 Å². The van der Waals surface area contributed by atoms with E-state index in [1.54, 1.807) is 24.3 Å². The summed E-state index contributed by atoms with van der Waals surface area (Å²) in [5.74, 6) is -0.0568. The summed E-state index contributed by atoms with van der Waals surface area (Å²) in [4.78, 5) is 26.2. The van der Waals surface area contributed by atoms with Gasteiger partial charge in [-0.25, -0.2) is 0 Å². The number of nitrogens with zero attached hydrogens (tertiary/aromatic N) is 1. The van der Waals surface area contributed by atoms with Crippen LogP contribution in [0.4, 0.5) is 5.69 Å². The highest BCUT2D eigenvalue weighted by atomic mass is 16.5. The Balaban J connectivity index is 2.14. The van der Waals surface area contributed by atoms with Crippen molar-refractivity contribution in [1.82, 2.24) is 4.90 Å². The monoisotopic (exact) mass is 304 g/mol.